The molecule has 0 aromatic carbocycles. The van der Waals surface area contributed by atoms with Crippen LogP contribution in [0.3, 0.4) is 0 Å². The molecule has 0 saturated heterocycles. The Morgan fingerprint density at radius 3 is 2.46 bits per heavy atom. The van der Waals surface area contributed by atoms with E-state index in [2.05, 4.69) is 36.9 Å². The molecule has 6 heteroatoms. The first kappa shape index (κ1) is 9.47. The van der Waals surface area contributed by atoms with Crippen LogP contribution in [0, 0.1) is 17.7 Å². The summed E-state index contributed by atoms with van der Waals surface area (Å²) in [6.45, 7) is 4.01. The van der Waals surface area contributed by atoms with Crippen LogP contribution >= 0.6 is 45.5 Å². The van der Waals surface area contributed by atoms with Crippen LogP contribution in [-0.4, -0.2) is 14.3 Å². The van der Waals surface area contributed by atoms with Crippen LogP contribution < -0.4 is 0 Å². The van der Waals surface area contributed by atoms with Crippen molar-refractivity contribution in [3.8, 4) is 9.88 Å². The van der Waals surface area contributed by atoms with Crippen molar-refractivity contribution < 1.29 is 0 Å². The molecule has 0 saturated carbocycles. The summed E-state index contributed by atoms with van der Waals surface area (Å²) in [5.74, 6) is 0. The van der Waals surface area contributed by atoms with E-state index in [-0.39, 0.29) is 0 Å². The van der Waals surface area contributed by atoms with Crippen molar-refractivity contribution in [2.45, 2.75) is 13.8 Å². The molecule has 2 aromatic rings. The molecule has 0 aliphatic rings. The van der Waals surface area contributed by atoms with Gasteiger partial charge in [0.2, 0.25) is 3.83 Å². The molecule has 0 fully saturated rings. The maximum absolute atomic E-state index is 4.35. The van der Waals surface area contributed by atoms with Crippen LogP contribution in [0.4, 0.5) is 0 Å². The summed E-state index contributed by atoms with van der Waals surface area (Å²) in [6.07, 6.45) is 0. The molecular weight excluding hydrogens is 317 g/mol. The quantitative estimate of drug-likeness (QED) is 0.758. The lowest BCUT2D eigenvalue weighted by Crippen LogP contribution is -1.77. The fourth-order valence-corrected chi connectivity index (χ4v) is 3.33. The van der Waals surface area contributed by atoms with Gasteiger partial charge in [0.25, 0.3) is 0 Å². The predicted molar refractivity (Wildman–Crippen MR) is 63.2 cm³/mol. The van der Waals surface area contributed by atoms with Crippen molar-refractivity contribution in [2.75, 3.05) is 0 Å². The van der Waals surface area contributed by atoms with Gasteiger partial charge in [0.05, 0.1) is 15.6 Å². The monoisotopic (exact) mass is 323 g/mol. The topological polar surface area (TPSA) is 38.7 Å². The molecule has 0 spiro atoms. The number of thiazole rings is 1. The molecule has 0 atom stereocenters. The van der Waals surface area contributed by atoms with Crippen molar-refractivity contribution in [1.82, 2.24) is 14.3 Å². The van der Waals surface area contributed by atoms with Crippen LogP contribution in [0.5, 0.6) is 0 Å². The van der Waals surface area contributed by atoms with E-state index < -0.39 is 0 Å². The highest BCUT2D eigenvalue weighted by Gasteiger charge is 2.11. The Labute approximate surface area is 97.6 Å². The molecule has 0 amide bonds. The number of nitrogens with zero attached hydrogens (tertiary/aromatic N) is 3. The number of hydrogen-bond acceptors (Lipinski definition) is 5. The minimum atomic E-state index is 0.808. The number of hydrogen-bond donors (Lipinski definition) is 0. The fraction of sp³-hybridized carbons (Fsp3) is 0.286. The zero-order chi connectivity index (χ0) is 9.42. The second-order valence-corrected chi connectivity index (χ2v) is 5.44. The number of aromatic nitrogens is 3. The van der Waals surface area contributed by atoms with E-state index in [4.69, 9.17) is 0 Å². The van der Waals surface area contributed by atoms with Gasteiger partial charge in [-0.15, -0.1) is 11.3 Å². The summed E-state index contributed by atoms with van der Waals surface area (Å²) in [7, 11) is 0. The summed E-state index contributed by atoms with van der Waals surface area (Å²) in [6, 6.07) is 0. The zero-order valence-electron chi connectivity index (χ0n) is 7.04. The Balaban J connectivity index is 2.51. The minimum Gasteiger partial charge on any atom is -0.246 e. The zero-order valence-corrected chi connectivity index (χ0v) is 10.8. The highest BCUT2D eigenvalue weighted by atomic mass is 127. The fourth-order valence-electron chi connectivity index (χ4n) is 1.03. The molecular formula is C7H6IN3S2. The highest BCUT2D eigenvalue weighted by Crippen LogP contribution is 2.30. The normalized spacial score (nSPS) is 10.7. The van der Waals surface area contributed by atoms with Crippen molar-refractivity contribution >= 4 is 45.5 Å². The van der Waals surface area contributed by atoms with Gasteiger partial charge in [0.15, 0.2) is 5.01 Å². The van der Waals surface area contributed by atoms with E-state index >= 15 is 0 Å². The summed E-state index contributed by atoms with van der Waals surface area (Å²) < 4.78 is 4.95. The molecule has 3 nitrogen and oxygen atoms in total. The molecule has 2 aromatic heterocycles. The Morgan fingerprint density at radius 1 is 1.23 bits per heavy atom. The average Bonchev–Trinajstić information content (AvgIpc) is 2.58. The van der Waals surface area contributed by atoms with E-state index in [0.29, 0.717) is 0 Å². The lowest BCUT2D eigenvalue weighted by atomic mass is 10.4. The Hall–Kier alpha value is -0.0800. The first-order valence-corrected chi connectivity index (χ1v) is 6.27. The van der Waals surface area contributed by atoms with E-state index in [1.807, 2.05) is 13.8 Å². The average molecular weight is 323 g/mol. The third-order valence-corrected chi connectivity index (χ3v) is 4.25. The van der Waals surface area contributed by atoms with Crippen LogP contribution in [-0.2, 0) is 0 Å². The number of halogens is 1. The molecule has 0 aliphatic heterocycles. The van der Waals surface area contributed by atoms with Crippen LogP contribution in [0.15, 0.2) is 0 Å². The van der Waals surface area contributed by atoms with E-state index in [0.717, 1.165) is 24.4 Å². The van der Waals surface area contributed by atoms with Gasteiger partial charge >= 0.3 is 0 Å². The second-order valence-electron chi connectivity index (χ2n) is 2.52. The van der Waals surface area contributed by atoms with Gasteiger partial charge in [-0.25, -0.2) is 9.97 Å². The maximum atomic E-state index is 4.35. The molecule has 0 radical (unpaired) electrons. The Morgan fingerprint density at radius 2 is 2.00 bits per heavy atom. The number of aryl methyl sites for hydroxylation is 2. The van der Waals surface area contributed by atoms with Crippen LogP contribution in [0.25, 0.3) is 9.88 Å². The lowest BCUT2D eigenvalue weighted by molar-refractivity contribution is 1.19. The van der Waals surface area contributed by atoms with Crippen molar-refractivity contribution in [2.24, 2.45) is 0 Å². The van der Waals surface area contributed by atoms with Gasteiger partial charge in [-0.05, 0) is 25.4 Å². The first-order chi connectivity index (χ1) is 6.16. The first-order valence-electron chi connectivity index (χ1n) is 3.60. The molecule has 0 N–H and O–H groups in total. The molecule has 68 valence electrons. The van der Waals surface area contributed by atoms with Gasteiger partial charge in [-0.1, -0.05) is 0 Å². The third-order valence-electron chi connectivity index (χ3n) is 1.50. The molecule has 2 heterocycles. The molecule has 0 unspecified atom stereocenters. The van der Waals surface area contributed by atoms with E-state index in [1.165, 1.54) is 11.5 Å². The largest absolute Gasteiger partial charge is 0.246 e. The molecule has 13 heavy (non-hydrogen) atoms. The van der Waals surface area contributed by atoms with Crippen molar-refractivity contribution in [3.05, 3.63) is 14.5 Å². The Bertz CT molecular complexity index is 435. The summed E-state index contributed by atoms with van der Waals surface area (Å²) >= 11 is 5.22. The second kappa shape index (κ2) is 3.58. The standard InChI is InChI=1S/C7H6IN3S2/c1-3-5(12-4(2)9-3)6-10-7(8)11-13-6/h1-2H3. The smallest absolute Gasteiger partial charge is 0.203 e. The van der Waals surface area contributed by atoms with Crippen LogP contribution in [0.2, 0.25) is 0 Å². The maximum Gasteiger partial charge on any atom is 0.203 e. The van der Waals surface area contributed by atoms with E-state index in [9.17, 15) is 0 Å². The van der Waals surface area contributed by atoms with Gasteiger partial charge in [0.1, 0.15) is 0 Å². The number of rotatable bonds is 1. The highest BCUT2D eigenvalue weighted by molar-refractivity contribution is 14.1. The molecule has 0 bridgehead atoms. The summed E-state index contributed by atoms with van der Waals surface area (Å²) in [5, 5.41) is 2.06. The van der Waals surface area contributed by atoms with Crippen LogP contribution in [0.1, 0.15) is 10.7 Å². The molecule has 2 rings (SSSR count). The van der Waals surface area contributed by atoms with Crippen molar-refractivity contribution in [3.63, 3.8) is 0 Å². The van der Waals surface area contributed by atoms with E-state index in [1.54, 1.807) is 11.3 Å². The SMILES string of the molecule is Cc1nc(C)c(-c2nc(I)ns2)s1. The lowest BCUT2D eigenvalue weighted by Gasteiger charge is -1.87. The third kappa shape index (κ3) is 1.89. The van der Waals surface area contributed by atoms with Gasteiger partial charge in [-0.2, -0.15) is 4.37 Å². The molecule has 0 aliphatic carbocycles. The van der Waals surface area contributed by atoms with Gasteiger partial charge in [-0.3, -0.25) is 0 Å². The minimum absolute atomic E-state index is 0.808. The Kier molecular flexibility index (Phi) is 2.61. The van der Waals surface area contributed by atoms with Gasteiger partial charge < -0.3 is 0 Å². The predicted octanol–water partition coefficient (Wildman–Crippen LogP) is 2.88. The summed E-state index contributed by atoms with van der Waals surface area (Å²) in [4.78, 5) is 9.82. The van der Waals surface area contributed by atoms with Crippen molar-refractivity contribution in [1.29, 1.82) is 0 Å². The summed E-state index contributed by atoms with van der Waals surface area (Å²) in [5.41, 5.74) is 1.05. The van der Waals surface area contributed by atoms with Gasteiger partial charge in [0, 0.05) is 22.6 Å².